The molecule has 0 spiro atoms. The molecule has 2 aromatic rings. The van der Waals surface area contributed by atoms with Crippen LogP contribution in [0.2, 0.25) is 5.02 Å². The smallest absolute Gasteiger partial charge is 0.272 e. The molecule has 166 valence electrons. The van der Waals surface area contributed by atoms with Crippen molar-refractivity contribution < 1.29 is 13.9 Å². The van der Waals surface area contributed by atoms with Gasteiger partial charge in [0.25, 0.3) is 5.91 Å². The normalized spacial score (nSPS) is 18.4. The summed E-state index contributed by atoms with van der Waals surface area (Å²) in [7, 11) is 0. The highest BCUT2D eigenvalue weighted by Gasteiger charge is 2.29. The third kappa shape index (κ3) is 5.22. The Morgan fingerprint density at radius 2 is 1.90 bits per heavy atom. The molecule has 2 aliphatic rings. The number of benzene rings is 1. The van der Waals surface area contributed by atoms with Gasteiger partial charge in [0, 0.05) is 43.5 Å². The monoisotopic (exact) mass is 446 g/mol. The first-order valence-corrected chi connectivity index (χ1v) is 11.3. The fourth-order valence-electron chi connectivity index (χ4n) is 4.44. The van der Waals surface area contributed by atoms with E-state index in [0.29, 0.717) is 24.6 Å². The van der Waals surface area contributed by atoms with Crippen LogP contribution < -0.4 is 0 Å². The van der Waals surface area contributed by atoms with E-state index in [1.54, 1.807) is 6.07 Å². The molecule has 0 saturated carbocycles. The number of hydrogen-bond donors (Lipinski definition) is 0. The molecule has 0 N–H and O–H groups in total. The van der Waals surface area contributed by atoms with Crippen LogP contribution in [0.1, 0.15) is 40.2 Å². The third-order valence-electron chi connectivity index (χ3n) is 6.34. The second-order valence-electron chi connectivity index (χ2n) is 8.21. The molecule has 0 atom stereocenters. The van der Waals surface area contributed by atoms with E-state index in [0.717, 1.165) is 69.1 Å². The summed E-state index contributed by atoms with van der Waals surface area (Å²) in [5.74, 6) is -0.450. The number of morpholine rings is 1. The maximum Gasteiger partial charge on any atom is 0.272 e. The quantitative estimate of drug-likeness (QED) is 0.705. The van der Waals surface area contributed by atoms with Gasteiger partial charge in [0.1, 0.15) is 17.8 Å². The molecule has 6 nitrogen and oxygen atoms in total. The van der Waals surface area contributed by atoms with Gasteiger partial charge in [0.05, 0.1) is 18.2 Å². The topological polar surface area (TPSA) is 58.6 Å². The van der Waals surface area contributed by atoms with Gasteiger partial charge in [0.2, 0.25) is 0 Å². The van der Waals surface area contributed by atoms with Crippen molar-refractivity contribution >= 4 is 17.5 Å². The zero-order valence-corrected chi connectivity index (χ0v) is 18.6. The summed E-state index contributed by atoms with van der Waals surface area (Å²) in [5.41, 5.74) is 2.93. The average Bonchev–Trinajstić information content (AvgIpc) is 2.81. The highest BCUT2D eigenvalue weighted by Crippen LogP contribution is 2.21. The first-order valence-electron chi connectivity index (χ1n) is 10.9. The maximum absolute atomic E-state index is 13.7. The summed E-state index contributed by atoms with van der Waals surface area (Å²) in [4.78, 5) is 26.2. The molecular formula is C23H28ClFN4O2. The molecule has 31 heavy (non-hydrogen) atoms. The summed E-state index contributed by atoms with van der Waals surface area (Å²) in [6, 6.07) is 5.35. The minimum atomic E-state index is -0.421. The summed E-state index contributed by atoms with van der Waals surface area (Å²) in [5, 5.41) is 0.118. The molecule has 0 bridgehead atoms. The highest BCUT2D eigenvalue weighted by atomic mass is 35.5. The van der Waals surface area contributed by atoms with Gasteiger partial charge in [-0.1, -0.05) is 17.7 Å². The Morgan fingerprint density at radius 3 is 2.61 bits per heavy atom. The van der Waals surface area contributed by atoms with E-state index in [-0.39, 0.29) is 10.9 Å². The number of hydrogen-bond acceptors (Lipinski definition) is 5. The van der Waals surface area contributed by atoms with Crippen LogP contribution in [0.3, 0.4) is 0 Å². The number of halogens is 2. The first-order chi connectivity index (χ1) is 15.0. The van der Waals surface area contributed by atoms with E-state index in [2.05, 4.69) is 14.9 Å². The Labute approximate surface area is 187 Å². The number of amides is 1. The molecule has 2 saturated heterocycles. The van der Waals surface area contributed by atoms with E-state index < -0.39 is 5.82 Å². The summed E-state index contributed by atoms with van der Waals surface area (Å²) in [6.45, 7) is 6.92. The fraction of sp³-hybridized carbons (Fsp3) is 0.522. The van der Waals surface area contributed by atoms with Gasteiger partial charge < -0.3 is 9.64 Å². The summed E-state index contributed by atoms with van der Waals surface area (Å²) in [6.07, 6.45) is 4.63. The van der Waals surface area contributed by atoms with Gasteiger partial charge in [-0.15, -0.1) is 0 Å². The Kier molecular flexibility index (Phi) is 7.15. The van der Waals surface area contributed by atoms with Gasteiger partial charge in [-0.3, -0.25) is 9.69 Å². The Hall–Kier alpha value is -2.09. The van der Waals surface area contributed by atoms with Crippen LogP contribution >= 0.6 is 11.6 Å². The van der Waals surface area contributed by atoms with Crippen molar-refractivity contribution in [1.82, 2.24) is 19.8 Å². The SMILES string of the molecule is Cc1c(CCc2ccc(Cl)c(F)c2)ncnc1C(=O)N1CCC(N2CCOCC2)CC1. The molecule has 8 heteroatoms. The van der Waals surface area contributed by atoms with Gasteiger partial charge in [-0.25, -0.2) is 14.4 Å². The zero-order chi connectivity index (χ0) is 21.8. The lowest BCUT2D eigenvalue weighted by Gasteiger charge is -2.40. The number of rotatable bonds is 5. The minimum Gasteiger partial charge on any atom is -0.379 e. The average molecular weight is 447 g/mol. The standard InChI is InChI=1S/C23H28ClFN4O2/c1-16-21(5-3-17-2-4-19(24)20(25)14-17)26-15-27-22(16)23(30)29-8-6-18(7-9-29)28-10-12-31-13-11-28/h2,4,14-15,18H,3,5-13H2,1H3. The van der Waals surface area contributed by atoms with Crippen molar-refractivity contribution in [3.8, 4) is 0 Å². The highest BCUT2D eigenvalue weighted by molar-refractivity contribution is 6.30. The van der Waals surface area contributed by atoms with Crippen molar-refractivity contribution in [2.45, 2.75) is 38.6 Å². The second kappa shape index (κ2) is 10.0. The number of aromatic nitrogens is 2. The molecule has 0 radical (unpaired) electrons. The zero-order valence-electron chi connectivity index (χ0n) is 17.8. The number of carbonyl (C=O) groups is 1. The van der Waals surface area contributed by atoms with Gasteiger partial charge in [-0.2, -0.15) is 0 Å². The van der Waals surface area contributed by atoms with Crippen LogP contribution in [0, 0.1) is 12.7 Å². The van der Waals surface area contributed by atoms with Crippen molar-refractivity contribution in [1.29, 1.82) is 0 Å². The van der Waals surface area contributed by atoms with Crippen LogP contribution in [0.5, 0.6) is 0 Å². The molecule has 3 heterocycles. The van der Waals surface area contributed by atoms with Crippen molar-refractivity contribution in [2.75, 3.05) is 39.4 Å². The molecule has 2 aliphatic heterocycles. The van der Waals surface area contributed by atoms with Crippen molar-refractivity contribution in [2.24, 2.45) is 0 Å². The molecule has 1 amide bonds. The molecular weight excluding hydrogens is 419 g/mol. The number of likely N-dealkylation sites (tertiary alicyclic amines) is 1. The minimum absolute atomic E-state index is 0.0286. The van der Waals surface area contributed by atoms with Crippen LogP contribution in [0.15, 0.2) is 24.5 Å². The molecule has 2 fully saturated rings. The Morgan fingerprint density at radius 1 is 1.16 bits per heavy atom. The second-order valence-corrected chi connectivity index (χ2v) is 8.62. The van der Waals surface area contributed by atoms with E-state index in [1.807, 2.05) is 17.9 Å². The van der Waals surface area contributed by atoms with Crippen LogP contribution in [-0.4, -0.2) is 71.1 Å². The fourth-order valence-corrected chi connectivity index (χ4v) is 4.56. The van der Waals surface area contributed by atoms with Crippen LogP contribution in [-0.2, 0) is 17.6 Å². The van der Waals surface area contributed by atoms with E-state index in [1.165, 1.54) is 12.4 Å². The van der Waals surface area contributed by atoms with E-state index in [9.17, 15) is 9.18 Å². The first kappa shape index (κ1) is 22.1. The number of nitrogens with zero attached hydrogens (tertiary/aromatic N) is 4. The van der Waals surface area contributed by atoms with E-state index >= 15 is 0 Å². The van der Waals surface area contributed by atoms with Gasteiger partial charge in [0.15, 0.2) is 0 Å². The summed E-state index contributed by atoms with van der Waals surface area (Å²) >= 11 is 5.76. The number of carbonyl (C=O) groups excluding carboxylic acids is 1. The predicted octanol–water partition coefficient (Wildman–Crippen LogP) is 3.30. The molecule has 1 aromatic carbocycles. The molecule has 0 aliphatic carbocycles. The third-order valence-corrected chi connectivity index (χ3v) is 6.65. The number of piperidine rings is 1. The largest absolute Gasteiger partial charge is 0.379 e. The summed E-state index contributed by atoms with van der Waals surface area (Å²) < 4.78 is 19.1. The lowest BCUT2D eigenvalue weighted by molar-refractivity contribution is 0.00151. The van der Waals surface area contributed by atoms with Gasteiger partial charge >= 0.3 is 0 Å². The van der Waals surface area contributed by atoms with E-state index in [4.69, 9.17) is 16.3 Å². The number of ether oxygens (including phenoxy) is 1. The lowest BCUT2D eigenvalue weighted by Crippen LogP contribution is -2.50. The maximum atomic E-state index is 13.7. The molecule has 4 rings (SSSR count). The Balaban J connectivity index is 1.38. The van der Waals surface area contributed by atoms with Crippen LogP contribution in [0.4, 0.5) is 4.39 Å². The van der Waals surface area contributed by atoms with Crippen LogP contribution in [0.25, 0.3) is 0 Å². The van der Waals surface area contributed by atoms with Gasteiger partial charge in [-0.05, 0) is 50.3 Å². The Bertz CT molecular complexity index is 928. The van der Waals surface area contributed by atoms with Crippen molar-refractivity contribution in [3.05, 3.63) is 57.9 Å². The number of aryl methyl sites for hydroxylation is 2. The van der Waals surface area contributed by atoms with Crippen molar-refractivity contribution in [3.63, 3.8) is 0 Å². The molecule has 0 unspecified atom stereocenters. The molecule has 1 aromatic heterocycles. The predicted molar refractivity (Wildman–Crippen MR) is 117 cm³/mol. The lowest BCUT2D eigenvalue weighted by atomic mass is 10.0.